The van der Waals surface area contributed by atoms with Gasteiger partial charge in [-0.25, -0.2) is 4.39 Å². The first-order valence-corrected chi connectivity index (χ1v) is 13.1. The zero-order chi connectivity index (χ0) is 25.9. The van der Waals surface area contributed by atoms with E-state index in [1.807, 2.05) is 24.0 Å². The smallest absolute Gasteiger partial charge is 0.261 e. The minimum absolute atomic E-state index is 0.142. The number of hydrogen-bond donors (Lipinski definition) is 1. The number of carbonyl (C=O) groups is 2. The Morgan fingerprint density at radius 2 is 1.78 bits per heavy atom. The molecule has 1 saturated carbocycles. The molecule has 6 heteroatoms. The molecule has 2 unspecified atom stereocenters. The van der Waals surface area contributed by atoms with Crippen molar-refractivity contribution >= 4 is 11.8 Å². The van der Waals surface area contributed by atoms with Crippen LogP contribution in [0.15, 0.2) is 66.7 Å². The zero-order valence-corrected chi connectivity index (χ0v) is 21.4. The summed E-state index contributed by atoms with van der Waals surface area (Å²) in [5.41, 5.74) is 5.34. The van der Waals surface area contributed by atoms with Gasteiger partial charge in [-0.3, -0.25) is 9.59 Å². The van der Waals surface area contributed by atoms with Gasteiger partial charge in [0.25, 0.3) is 5.91 Å². The quantitative estimate of drug-likeness (QED) is 0.445. The largest absolute Gasteiger partial charge is 0.481 e. The molecule has 5 rings (SSSR count). The van der Waals surface area contributed by atoms with Crippen LogP contribution in [0.4, 0.5) is 4.39 Å². The minimum atomic E-state index is -0.663. The van der Waals surface area contributed by atoms with Crippen LogP contribution < -0.4 is 10.1 Å². The molecule has 1 N–H and O–H groups in total. The predicted molar refractivity (Wildman–Crippen MR) is 141 cm³/mol. The van der Waals surface area contributed by atoms with E-state index in [-0.39, 0.29) is 29.6 Å². The zero-order valence-electron chi connectivity index (χ0n) is 21.4. The number of hydrogen-bond acceptors (Lipinski definition) is 3. The monoisotopic (exact) mass is 500 g/mol. The van der Waals surface area contributed by atoms with Gasteiger partial charge in [-0.1, -0.05) is 55.0 Å². The summed E-state index contributed by atoms with van der Waals surface area (Å²) in [6.45, 7) is 4.97. The van der Waals surface area contributed by atoms with E-state index >= 15 is 0 Å². The molecule has 0 spiro atoms. The Bertz CT molecular complexity index is 1270. The number of aryl methyl sites for hydroxylation is 1. The molecule has 1 fully saturated rings. The van der Waals surface area contributed by atoms with Gasteiger partial charge in [0.15, 0.2) is 6.10 Å². The minimum Gasteiger partial charge on any atom is -0.481 e. The summed E-state index contributed by atoms with van der Waals surface area (Å²) in [4.78, 5) is 28.2. The third-order valence-electron chi connectivity index (χ3n) is 7.27. The lowest BCUT2D eigenvalue weighted by molar-refractivity contribution is -0.134. The van der Waals surface area contributed by atoms with Crippen molar-refractivity contribution < 1.29 is 18.7 Å². The van der Waals surface area contributed by atoms with E-state index in [9.17, 15) is 14.0 Å². The number of carbonyl (C=O) groups excluding carboxylic acids is 2. The number of amides is 2. The summed E-state index contributed by atoms with van der Waals surface area (Å²) >= 11 is 0. The summed E-state index contributed by atoms with van der Waals surface area (Å²) < 4.78 is 19.3. The van der Waals surface area contributed by atoms with E-state index in [4.69, 9.17) is 4.74 Å². The number of ether oxygens (including phenoxy) is 1. The molecule has 0 radical (unpaired) electrons. The highest BCUT2D eigenvalue weighted by Gasteiger charge is 2.39. The van der Waals surface area contributed by atoms with Crippen molar-refractivity contribution in [2.75, 3.05) is 6.54 Å². The normalized spacial score (nSPS) is 17.6. The SMILES string of the molecule is CCC(Oc1ccc2c(c1)C(c1ccc(C)cc1)N(C(=O)C1CC1)CC2)C(=O)NCc1ccc(F)cc1. The topological polar surface area (TPSA) is 58.6 Å². The molecule has 2 aliphatic rings. The van der Waals surface area contributed by atoms with Crippen LogP contribution in [0.5, 0.6) is 5.75 Å². The molecule has 2 amide bonds. The molecule has 0 bridgehead atoms. The van der Waals surface area contributed by atoms with Crippen molar-refractivity contribution in [2.24, 2.45) is 5.92 Å². The maximum absolute atomic E-state index is 13.2. The average molecular weight is 501 g/mol. The average Bonchev–Trinajstić information content (AvgIpc) is 3.76. The van der Waals surface area contributed by atoms with Gasteiger partial charge in [-0.2, -0.15) is 0 Å². The lowest BCUT2D eigenvalue weighted by atomic mass is 9.87. The number of benzene rings is 3. The van der Waals surface area contributed by atoms with Crippen LogP contribution in [0, 0.1) is 18.7 Å². The van der Waals surface area contributed by atoms with Crippen molar-refractivity contribution in [1.82, 2.24) is 10.2 Å². The standard InChI is InChI=1S/C31H33FN2O3/c1-3-28(30(35)33-19-21-6-13-25(32)14-7-21)37-26-15-12-22-16-17-34(31(36)24-10-11-24)29(27(22)18-26)23-8-4-20(2)5-9-23/h4-9,12-15,18,24,28-29H,3,10-11,16-17,19H2,1-2H3,(H,33,35). The van der Waals surface area contributed by atoms with Gasteiger partial charge in [-0.05, 0) is 79.1 Å². The molecule has 1 aliphatic carbocycles. The van der Waals surface area contributed by atoms with Gasteiger partial charge in [-0.15, -0.1) is 0 Å². The predicted octanol–water partition coefficient (Wildman–Crippen LogP) is 5.49. The Labute approximate surface area is 217 Å². The maximum atomic E-state index is 13.2. The van der Waals surface area contributed by atoms with E-state index in [0.717, 1.165) is 36.0 Å². The molecule has 37 heavy (non-hydrogen) atoms. The first-order valence-electron chi connectivity index (χ1n) is 13.1. The highest BCUT2D eigenvalue weighted by atomic mass is 19.1. The summed E-state index contributed by atoms with van der Waals surface area (Å²) in [6, 6.07) is 20.3. The summed E-state index contributed by atoms with van der Waals surface area (Å²) in [6.07, 6.45) is 2.57. The highest BCUT2D eigenvalue weighted by Crippen LogP contribution is 2.41. The van der Waals surface area contributed by atoms with Crippen LogP contribution in [-0.4, -0.2) is 29.4 Å². The van der Waals surface area contributed by atoms with E-state index < -0.39 is 6.10 Å². The molecule has 1 heterocycles. The van der Waals surface area contributed by atoms with Gasteiger partial charge in [0.1, 0.15) is 11.6 Å². The van der Waals surface area contributed by atoms with Crippen LogP contribution >= 0.6 is 0 Å². The Morgan fingerprint density at radius 3 is 2.46 bits per heavy atom. The fraction of sp³-hybridized carbons (Fsp3) is 0.355. The molecule has 0 saturated heterocycles. The maximum Gasteiger partial charge on any atom is 0.261 e. The van der Waals surface area contributed by atoms with Crippen LogP contribution in [0.3, 0.4) is 0 Å². The van der Waals surface area contributed by atoms with Gasteiger partial charge >= 0.3 is 0 Å². The second-order valence-corrected chi connectivity index (χ2v) is 10.1. The van der Waals surface area contributed by atoms with Crippen molar-refractivity contribution in [3.8, 4) is 5.75 Å². The van der Waals surface area contributed by atoms with Gasteiger partial charge in [0.05, 0.1) is 6.04 Å². The van der Waals surface area contributed by atoms with Crippen molar-refractivity contribution in [3.63, 3.8) is 0 Å². The fourth-order valence-electron chi connectivity index (χ4n) is 4.97. The number of nitrogens with one attached hydrogen (secondary N) is 1. The van der Waals surface area contributed by atoms with Crippen molar-refractivity contribution in [2.45, 2.75) is 58.2 Å². The fourth-order valence-corrected chi connectivity index (χ4v) is 4.97. The van der Waals surface area contributed by atoms with Crippen LogP contribution in [-0.2, 0) is 22.6 Å². The van der Waals surface area contributed by atoms with Crippen molar-refractivity contribution in [1.29, 1.82) is 0 Å². The summed E-state index contributed by atoms with van der Waals surface area (Å²) in [5, 5.41) is 2.89. The summed E-state index contributed by atoms with van der Waals surface area (Å²) in [7, 11) is 0. The van der Waals surface area contributed by atoms with Crippen LogP contribution in [0.2, 0.25) is 0 Å². The van der Waals surface area contributed by atoms with Gasteiger partial charge in [0.2, 0.25) is 5.91 Å². The number of halogens is 1. The lowest BCUT2D eigenvalue weighted by Gasteiger charge is -2.38. The van der Waals surface area contributed by atoms with E-state index in [0.29, 0.717) is 25.3 Å². The van der Waals surface area contributed by atoms with E-state index in [1.54, 1.807) is 12.1 Å². The van der Waals surface area contributed by atoms with Gasteiger partial charge in [0, 0.05) is 19.0 Å². The number of nitrogens with zero attached hydrogens (tertiary/aromatic N) is 1. The Balaban J connectivity index is 1.37. The molecule has 2 atom stereocenters. The second-order valence-electron chi connectivity index (χ2n) is 10.1. The third-order valence-corrected chi connectivity index (χ3v) is 7.27. The number of fused-ring (bicyclic) bond motifs is 1. The Morgan fingerprint density at radius 1 is 1.05 bits per heavy atom. The molecular weight excluding hydrogens is 467 g/mol. The van der Waals surface area contributed by atoms with E-state index in [2.05, 4.69) is 42.6 Å². The molecule has 0 aromatic heterocycles. The second kappa shape index (κ2) is 10.8. The number of rotatable bonds is 8. The lowest BCUT2D eigenvalue weighted by Crippen LogP contribution is -2.41. The molecule has 192 valence electrons. The van der Waals surface area contributed by atoms with Gasteiger partial charge < -0.3 is 15.0 Å². The first-order chi connectivity index (χ1) is 17.9. The summed E-state index contributed by atoms with van der Waals surface area (Å²) in [5.74, 6) is 0.460. The van der Waals surface area contributed by atoms with Crippen LogP contribution in [0.25, 0.3) is 0 Å². The molecule has 3 aromatic carbocycles. The van der Waals surface area contributed by atoms with Crippen molar-refractivity contribution in [3.05, 3.63) is 100 Å². The molecule has 5 nitrogen and oxygen atoms in total. The Kier molecular flexibility index (Phi) is 7.26. The Hall–Kier alpha value is -3.67. The molecule has 3 aromatic rings. The molecular formula is C31H33FN2O3. The van der Waals surface area contributed by atoms with Crippen LogP contribution in [0.1, 0.15) is 60.0 Å². The first kappa shape index (κ1) is 25.0. The highest BCUT2D eigenvalue weighted by molar-refractivity contribution is 5.82. The van der Waals surface area contributed by atoms with E-state index in [1.165, 1.54) is 23.3 Å². The molecule has 1 aliphatic heterocycles. The third kappa shape index (κ3) is 5.68.